The van der Waals surface area contributed by atoms with E-state index in [9.17, 15) is 31.1 Å². The molecule has 0 aliphatic carbocycles. The van der Waals surface area contributed by atoms with Crippen LogP contribution in [0.15, 0.2) is 24.3 Å². The van der Waals surface area contributed by atoms with Gasteiger partial charge in [0, 0.05) is 18.4 Å². The van der Waals surface area contributed by atoms with Gasteiger partial charge in [-0.05, 0) is 85.5 Å². The molecule has 2 aromatic carbocycles. The van der Waals surface area contributed by atoms with Gasteiger partial charge in [-0.1, -0.05) is 44.9 Å². The number of aromatic nitrogens is 2. The number of alkyl halides is 6. The Balaban J connectivity index is 2.22. The number of carbonyl (C=O) groups is 1. The molecule has 3 rings (SSSR count). The van der Waals surface area contributed by atoms with Crippen LogP contribution in [0, 0.1) is 27.7 Å². The number of hydrogen-bond donors (Lipinski definition) is 1. The molecule has 1 N–H and O–H groups in total. The summed E-state index contributed by atoms with van der Waals surface area (Å²) >= 11 is 0. The van der Waals surface area contributed by atoms with Crippen LogP contribution in [-0.4, -0.2) is 28.0 Å². The van der Waals surface area contributed by atoms with Crippen molar-refractivity contribution in [1.29, 1.82) is 0 Å². The summed E-state index contributed by atoms with van der Waals surface area (Å²) in [6.07, 6.45) is -9.06. The largest absolute Gasteiger partial charge is 0.404 e. The minimum atomic E-state index is -5.48. The number of carbonyl (C=O) groups excluding carboxylic acids is 1. The first-order valence-electron chi connectivity index (χ1n) is 13.2. The van der Waals surface area contributed by atoms with Gasteiger partial charge in [0.15, 0.2) is 5.92 Å². The molecule has 1 amide bonds. The Bertz CT molecular complexity index is 1390. The molecule has 0 unspecified atom stereocenters. The zero-order chi connectivity index (χ0) is 30.2. The number of halogens is 6. The van der Waals surface area contributed by atoms with Crippen molar-refractivity contribution in [3.05, 3.63) is 69.0 Å². The van der Waals surface area contributed by atoms with Gasteiger partial charge in [0.25, 0.3) is 5.91 Å². The number of hydrogen-bond acceptors (Lipinski definition) is 2. The highest BCUT2D eigenvalue weighted by Gasteiger charge is 2.58. The summed E-state index contributed by atoms with van der Waals surface area (Å²) < 4.78 is 83.7. The summed E-state index contributed by atoms with van der Waals surface area (Å²) in [6, 6.07) is 6.25. The van der Waals surface area contributed by atoms with E-state index in [4.69, 9.17) is 0 Å². The molecule has 218 valence electrons. The van der Waals surface area contributed by atoms with Crippen LogP contribution < -0.4 is 5.32 Å². The molecule has 3 aromatic rings. The van der Waals surface area contributed by atoms with Gasteiger partial charge in [-0.25, -0.2) is 0 Å². The SMILES string of the molecule is CCCc1cc(NC(=O)c2c(C)nn(C)c2C)c(C)c(-c2cc(CCC)c(C(C(F)(F)F)C(F)(F)F)cc2C)c1. The minimum absolute atomic E-state index is 0.00948. The first kappa shape index (κ1) is 31.2. The normalized spacial score (nSPS) is 12.3. The zero-order valence-corrected chi connectivity index (χ0v) is 23.8. The lowest BCUT2D eigenvalue weighted by molar-refractivity contribution is -0.253. The van der Waals surface area contributed by atoms with Crippen molar-refractivity contribution in [1.82, 2.24) is 9.78 Å². The lowest BCUT2D eigenvalue weighted by Crippen LogP contribution is -2.35. The van der Waals surface area contributed by atoms with Crippen molar-refractivity contribution in [2.45, 2.75) is 85.5 Å². The van der Waals surface area contributed by atoms with Crippen molar-refractivity contribution >= 4 is 11.6 Å². The van der Waals surface area contributed by atoms with Crippen molar-refractivity contribution in [2.24, 2.45) is 7.05 Å². The molecule has 0 spiro atoms. The maximum atomic E-state index is 13.7. The summed E-state index contributed by atoms with van der Waals surface area (Å²) in [5.41, 5.74) is 4.51. The van der Waals surface area contributed by atoms with Crippen LogP contribution in [0.2, 0.25) is 0 Å². The fourth-order valence-electron chi connectivity index (χ4n) is 5.26. The van der Waals surface area contributed by atoms with E-state index in [0.717, 1.165) is 18.1 Å². The average molecular weight is 568 g/mol. The maximum Gasteiger partial charge on any atom is 0.404 e. The van der Waals surface area contributed by atoms with E-state index < -0.39 is 23.8 Å². The van der Waals surface area contributed by atoms with E-state index >= 15 is 0 Å². The maximum absolute atomic E-state index is 13.7. The van der Waals surface area contributed by atoms with Crippen molar-refractivity contribution in [3.8, 4) is 11.1 Å². The Morgan fingerprint density at radius 1 is 0.900 bits per heavy atom. The van der Waals surface area contributed by atoms with Gasteiger partial charge in [-0.2, -0.15) is 31.4 Å². The Morgan fingerprint density at radius 2 is 1.50 bits per heavy atom. The zero-order valence-electron chi connectivity index (χ0n) is 23.8. The third-order valence-corrected chi connectivity index (χ3v) is 7.25. The highest BCUT2D eigenvalue weighted by Crippen LogP contribution is 2.48. The summed E-state index contributed by atoms with van der Waals surface area (Å²) in [7, 11) is 1.74. The summed E-state index contributed by atoms with van der Waals surface area (Å²) in [5.74, 6) is -3.91. The summed E-state index contributed by atoms with van der Waals surface area (Å²) in [6.45, 7) is 10.5. The van der Waals surface area contributed by atoms with Crippen LogP contribution in [0.1, 0.15) is 82.2 Å². The van der Waals surface area contributed by atoms with Gasteiger partial charge in [0.2, 0.25) is 0 Å². The lowest BCUT2D eigenvalue weighted by atomic mass is 9.84. The molecule has 0 fully saturated rings. The predicted octanol–water partition coefficient (Wildman–Crippen LogP) is 8.69. The number of nitrogens with zero attached hydrogens (tertiary/aromatic N) is 2. The molecule has 10 heteroatoms. The molecule has 0 bridgehead atoms. The molecule has 0 radical (unpaired) electrons. The molecule has 0 atom stereocenters. The Hall–Kier alpha value is -3.30. The Kier molecular flexibility index (Phi) is 9.11. The van der Waals surface area contributed by atoms with E-state index in [1.165, 1.54) is 13.0 Å². The standard InChI is InChI=1S/C30H35F6N3O/c1-8-10-20-13-23(17(4)25(14-20)37-28(40)26-18(5)38-39(7)19(26)6)22-15-21(11-9-2)24(12-16(22)3)27(29(31,32)33)30(34,35)36/h12-15,27H,8-11H2,1-7H3,(H,37,40). The minimum Gasteiger partial charge on any atom is -0.322 e. The van der Waals surface area contributed by atoms with Crippen LogP contribution in [0.4, 0.5) is 32.0 Å². The Morgan fingerprint density at radius 3 is 2.00 bits per heavy atom. The van der Waals surface area contributed by atoms with Gasteiger partial charge in [-0.3, -0.25) is 9.48 Å². The molecule has 40 heavy (non-hydrogen) atoms. The number of aryl methyl sites for hydroxylation is 5. The van der Waals surface area contributed by atoms with Crippen molar-refractivity contribution in [3.63, 3.8) is 0 Å². The topological polar surface area (TPSA) is 46.9 Å². The van der Waals surface area contributed by atoms with Crippen molar-refractivity contribution in [2.75, 3.05) is 5.32 Å². The molecular weight excluding hydrogens is 532 g/mol. The van der Waals surface area contributed by atoms with E-state index in [1.54, 1.807) is 39.4 Å². The fraction of sp³-hybridized carbons (Fsp3) is 0.467. The van der Waals surface area contributed by atoms with E-state index in [2.05, 4.69) is 10.4 Å². The third kappa shape index (κ3) is 6.36. The second-order valence-corrected chi connectivity index (χ2v) is 10.3. The number of nitrogens with one attached hydrogen (secondary N) is 1. The first-order valence-corrected chi connectivity index (χ1v) is 13.2. The second kappa shape index (κ2) is 11.7. The third-order valence-electron chi connectivity index (χ3n) is 7.25. The van der Waals surface area contributed by atoms with Crippen LogP contribution in [0.5, 0.6) is 0 Å². The smallest absolute Gasteiger partial charge is 0.322 e. The quantitative estimate of drug-likeness (QED) is 0.277. The summed E-state index contributed by atoms with van der Waals surface area (Å²) in [5, 5.41) is 7.27. The number of anilines is 1. The molecule has 0 aliphatic heterocycles. The number of rotatable bonds is 8. The van der Waals surface area contributed by atoms with Gasteiger partial charge < -0.3 is 5.32 Å². The van der Waals surface area contributed by atoms with Gasteiger partial charge in [0.1, 0.15) is 0 Å². The average Bonchev–Trinajstić information content (AvgIpc) is 3.07. The highest BCUT2D eigenvalue weighted by atomic mass is 19.4. The number of benzene rings is 2. The highest BCUT2D eigenvalue weighted by molar-refractivity contribution is 6.06. The molecular formula is C30H35F6N3O. The molecule has 0 saturated heterocycles. The van der Waals surface area contributed by atoms with E-state index in [-0.39, 0.29) is 17.9 Å². The van der Waals surface area contributed by atoms with Crippen LogP contribution in [-0.2, 0) is 19.9 Å². The molecule has 1 heterocycles. The number of amides is 1. The predicted molar refractivity (Wildman–Crippen MR) is 145 cm³/mol. The van der Waals surface area contributed by atoms with Crippen LogP contribution in [0.25, 0.3) is 11.1 Å². The van der Waals surface area contributed by atoms with Crippen LogP contribution >= 0.6 is 0 Å². The first-order chi connectivity index (χ1) is 18.5. The molecule has 1 aromatic heterocycles. The molecule has 0 aliphatic rings. The van der Waals surface area contributed by atoms with Crippen molar-refractivity contribution < 1.29 is 31.1 Å². The summed E-state index contributed by atoms with van der Waals surface area (Å²) in [4.78, 5) is 13.3. The van der Waals surface area contributed by atoms with Gasteiger partial charge in [0.05, 0.1) is 11.3 Å². The van der Waals surface area contributed by atoms with E-state index in [1.807, 2.05) is 19.1 Å². The van der Waals surface area contributed by atoms with Gasteiger partial charge in [-0.15, -0.1) is 0 Å². The fourth-order valence-corrected chi connectivity index (χ4v) is 5.26. The van der Waals surface area contributed by atoms with Crippen LogP contribution in [0.3, 0.4) is 0 Å². The monoisotopic (exact) mass is 567 g/mol. The Labute approximate surface area is 230 Å². The van der Waals surface area contributed by atoms with Gasteiger partial charge >= 0.3 is 12.4 Å². The lowest BCUT2D eigenvalue weighted by Gasteiger charge is -2.27. The van der Waals surface area contributed by atoms with E-state index in [0.29, 0.717) is 57.7 Å². The molecule has 0 saturated carbocycles. The molecule has 4 nitrogen and oxygen atoms in total. The second-order valence-electron chi connectivity index (χ2n) is 10.3.